The van der Waals surface area contributed by atoms with E-state index in [0.717, 1.165) is 11.3 Å². The van der Waals surface area contributed by atoms with Crippen LogP contribution in [0, 0.1) is 0 Å². The number of hydrogen-bond acceptors (Lipinski definition) is 6. The third kappa shape index (κ3) is 3.27. The van der Waals surface area contributed by atoms with Gasteiger partial charge in [-0.15, -0.1) is 0 Å². The summed E-state index contributed by atoms with van der Waals surface area (Å²) in [6, 6.07) is 15.4. The highest BCUT2D eigenvalue weighted by Crippen LogP contribution is 2.41. The first-order chi connectivity index (χ1) is 14.5. The van der Waals surface area contributed by atoms with Gasteiger partial charge in [0.1, 0.15) is 0 Å². The molecule has 8 heteroatoms. The first kappa shape index (κ1) is 20.2. The Morgan fingerprint density at radius 1 is 1.20 bits per heavy atom. The van der Waals surface area contributed by atoms with Crippen LogP contribution in [0.4, 0.5) is 11.4 Å². The van der Waals surface area contributed by atoms with Crippen molar-refractivity contribution in [2.75, 3.05) is 30.2 Å². The highest BCUT2D eigenvalue weighted by atomic mass is 32.2. The van der Waals surface area contributed by atoms with Gasteiger partial charge in [-0.1, -0.05) is 35.5 Å². The average molecular weight is 422 g/mol. The second kappa shape index (κ2) is 7.95. The van der Waals surface area contributed by atoms with Crippen LogP contribution in [0.3, 0.4) is 0 Å². The molecule has 0 spiro atoms. The number of carbonyl (C=O) groups excluding carboxylic acids is 1. The minimum absolute atomic E-state index is 0.0425. The summed E-state index contributed by atoms with van der Waals surface area (Å²) < 4.78 is 1.65. The second-order valence-corrected chi connectivity index (χ2v) is 7.96. The van der Waals surface area contributed by atoms with E-state index in [2.05, 4.69) is 10.1 Å². The molecule has 1 atom stereocenters. The first-order valence-electron chi connectivity index (χ1n) is 9.69. The molecule has 0 bridgehead atoms. The fraction of sp³-hybridized carbons (Fsp3) is 0.273. The zero-order valence-electron chi connectivity index (χ0n) is 17.4. The third-order valence-corrected chi connectivity index (χ3v) is 5.72. The number of fused-ring (bicyclic) bond motifs is 3. The van der Waals surface area contributed by atoms with E-state index in [1.807, 2.05) is 80.7 Å². The van der Waals surface area contributed by atoms with E-state index in [0.29, 0.717) is 28.5 Å². The number of rotatable bonds is 4. The number of amides is 1. The Morgan fingerprint density at radius 3 is 2.53 bits per heavy atom. The number of thioether (sulfide) groups is 1. The van der Waals surface area contributed by atoms with Crippen molar-refractivity contribution in [3.63, 3.8) is 0 Å². The molecule has 1 aromatic heterocycles. The van der Waals surface area contributed by atoms with Crippen molar-refractivity contribution in [3.8, 4) is 17.1 Å². The lowest BCUT2D eigenvalue weighted by Gasteiger charge is -2.33. The van der Waals surface area contributed by atoms with Gasteiger partial charge in [-0.25, -0.2) is 9.88 Å². The van der Waals surface area contributed by atoms with Gasteiger partial charge in [-0.3, -0.25) is 4.79 Å². The quantitative estimate of drug-likeness (QED) is 0.476. The molecular weight excluding hydrogens is 398 g/mol. The maximum absolute atomic E-state index is 13.1. The molecule has 0 radical (unpaired) electrons. The molecule has 0 saturated carbocycles. The van der Waals surface area contributed by atoms with Crippen LogP contribution in [0.2, 0.25) is 0 Å². The fourth-order valence-corrected chi connectivity index (χ4v) is 4.05. The molecule has 2 aromatic carbocycles. The lowest BCUT2D eigenvalue weighted by atomic mass is 10.0. The molecule has 30 heavy (non-hydrogen) atoms. The number of anilines is 2. The van der Waals surface area contributed by atoms with Crippen molar-refractivity contribution in [2.45, 2.75) is 24.7 Å². The van der Waals surface area contributed by atoms with Crippen molar-refractivity contribution in [2.24, 2.45) is 0 Å². The monoisotopic (exact) mass is 421 g/mol. The summed E-state index contributed by atoms with van der Waals surface area (Å²) in [5.41, 5.74) is 3.67. The predicted molar refractivity (Wildman–Crippen MR) is 116 cm³/mol. The summed E-state index contributed by atoms with van der Waals surface area (Å²) in [6.45, 7) is 1.84. The first-order valence-corrected chi connectivity index (χ1v) is 10.9. The zero-order chi connectivity index (χ0) is 21.4. The van der Waals surface area contributed by atoms with Crippen LogP contribution in [-0.4, -0.2) is 36.3 Å². The topological polar surface area (TPSA) is 76.3 Å². The maximum Gasteiger partial charge on any atom is 0.293 e. The summed E-state index contributed by atoms with van der Waals surface area (Å²) in [5.74, 6) is -0.389. The number of nitrogens with zero attached hydrogens (tertiary/aromatic N) is 5. The smallest absolute Gasteiger partial charge is 0.293 e. The van der Waals surface area contributed by atoms with E-state index in [1.54, 1.807) is 9.58 Å². The lowest BCUT2D eigenvalue weighted by molar-refractivity contribution is -0.764. The number of aromatic nitrogens is 3. The number of carbonyl (C=O) groups is 1. The Balaban J connectivity index is 2.01. The molecule has 0 saturated heterocycles. The molecule has 4 rings (SSSR count). The summed E-state index contributed by atoms with van der Waals surface area (Å²) in [5, 5.41) is 18.0. The summed E-state index contributed by atoms with van der Waals surface area (Å²) in [6.07, 6.45) is 1.59. The van der Waals surface area contributed by atoms with Crippen LogP contribution in [0.5, 0.6) is 5.88 Å². The molecule has 7 nitrogen and oxygen atoms in total. The summed E-state index contributed by atoms with van der Waals surface area (Å²) >= 11 is 1.30. The van der Waals surface area contributed by atoms with Crippen LogP contribution in [-0.2, 0) is 4.79 Å². The average Bonchev–Trinajstić information content (AvgIpc) is 2.77. The largest absolute Gasteiger partial charge is 0.854 e. The summed E-state index contributed by atoms with van der Waals surface area (Å²) in [7, 11) is 3.95. The van der Waals surface area contributed by atoms with Gasteiger partial charge in [0.2, 0.25) is 5.91 Å². The van der Waals surface area contributed by atoms with Crippen molar-refractivity contribution >= 4 is 29.0 Å². The Labute approximate surface area is 180 Å². The van der Waals surface area contributed by atoms with E-state index < -0.39 is 6.17 Å². The molecule has 1 aliphatic rings. The van der Waals surface area contributed by atoms with Gasteiger partial charge < -0.3 is 10.0 Å². The fourth-order valence-electron chi connectivity index (χ4n) is 3.71. The minimum Gasteiger partial charge on any atom is -0.854 e. The Hall–Kier alpha value is -3.13. The van der Waals surface area contributed by atoms with Gasteiger partial charge in [0.25, 0.3) is 17.0 Å². The van der Waals surface area contributed by atoms with Crippen molar-refractivity contribution < 1.29 is 14.6 Å². The van der Waals surface area contributed by atoms with E-state index in [4.69, 9.17) is 0 Å². The standard InChI is InChI=1S/C22H23N5O2S/c1-5-18(28)26-17-9-7-6-8-16(17)19-20(29)23-22(30-4)24-27(19)21(26)14-10-12-15(13-11-14)25(2)3/h6-13,21H,5H2,1-4H3. The minimum atomic E-state index is -0.569. The highest BCUT2D eigenvalue weighted by molar-refractivity contribution is 7.98. The van der Waals surface area contributed by atoms with Gasteiger partial charge in [0.05, 0.1) is 17.1 Å². The van der Waals surface area contributed by atoms with Gasteiger partial charge >= 0.3 is 0 Å². The van der Waals surface area contributed by atoms with Crippen molar-refractivity contribution in [1.29, 1.82) is 0 Å². The molecule has 2 heterocycles. The van der Waals surface area contributed by atoms with Crippen LogP contribution in [0.25, 0.3) is 11.3 Å². The number of hydrogen-bond donors (Lipinski definition) is 0. The number of benzene rings is 2. The second-order valence-electron chi connectivity index (χ2n) is 7.19. The predicted octanol–water partition coefficient (Wildman–Crippen LogP) is 2.60. The van der Waals surface area contributed by atoms with Gasteiger partial charge in [-0.2, -0.15) is 0 Å². The third-order valence-electron chi connectivity index (χ3n) is 5.18. The molecule has 1 aliphatic heterocycles. The number of para-hydroxylation sites is 1. The molecule has 0 aliphatic carbocycles. The van der Waals surface area contributed by atoms with E-state index in [9.17, 15) is 9.90 Å². The van der Waals surface area contributed by atoms with Crippen LogP contribution < -0.4 is 19.6 Å². The zero-order valence-corrected chi connectivity index (χ0v) is 18.2. The van der Waals surface area contributed by atoms with Gasteiger partial charge in [0.15, 0.2) is 0 Å². The van der Waals surface area contributed by atoms with Crippen LogP contribution in [0.15, 0.2) is 53.7 Å². The molecule has 3 aromatic rings. The van der Waals surface area contributed by atoms with Crippen LogP contribution in [0.1, 0.15) is 25.1 Å². The van der Waals surface area contributed by atoms with Crippen LogP contribution >= 0.6 is 11.8 Å². The summed E-state index contributed by atoms with van der Waals surface area (Å²) in [4.78, 5) is 21.0. The van der Waals surface area contributed by atoms with E-state index in [-0.39, 0.29) is 11.8 Å². The molecule has 1 amide bonds. The Kier molecular flexibility index (Phi) is 5.34. The normalized spacial score (nSPS) is 14.8. The molecule has 1 unspecified atom stereocenters. The van der Waals surface area contributed by atoms with Crippen molar-refractivity contribution in [3.05, 3.63) is 54.1 Å². The SMILES string of the molecule is CCC(=O)N1c2ccccc2-c2c([O-])nc(SC)n[n+]2C1c1ccc(N(C)C)cc1. The molecular formula is C22H23N5O2S. The van der Waals surface area contributed by atoms with Crippen molar-refractivity contribution in [1.82, 2.24) is 10.1 Å². The lowest BCUT2D eigenvalue weighted by Crippen LogP contribution is -2.59. The Bertz CT molecular complexity index is 1100. The molecule has 0 fully saturated rings. The Morgan fingerprint density at radius 2 is 1.90 bits per heavy atom. The van der Waals surface area contributed by atoms with E-state index >= 15 is 0 Å². The molecule has 0 N–H and O–H groups in total. The maximum atomic E-state index is 13.1. The van der Waals surface area contributed by atoms with Gasteiger partial charge in [-0.05, 0) is 42.7 Å². The molecule has 154 valence electrons. The highest BCUT2D eigenvalue weighted by Gasteiger charge is 2.44. The van der Waals surface area contributed by atoms with E-state index in [1.165, 1.54) is 11.8 Å². The van der Waals surface area contributed by atoms with Gasteiger partial charge in [0, 0.05) is 36.9 Å².